The normalized spacial score (nSPS) is 17.2. The molecule has 0 spiro atoms. The minimum Gasteiger partial charge on any atom is -0.368 e. The van der Waals surface area contributed by atoms with Crippen LogP contribution in [0.25, 0.3) is 11.0 Å². The maximum absolute atomic E-state index is 12.1. The van der Waals surface area contributed by atoms with Gasteiger partial charge < -0.3 is 19.9 Å². The largest absolute Gasteiger partial charge is 0.368 e. The number of nitrogens with zero attached hydrogens (tertiary/aromatic N) is 2. The van der Waals surface area contributed by atoms with Crippen LogP contribution in [-0.2, 0) is 27.9 Å². The van der Waals surface area contributed by atoms with Crippen LogP contribution < -0.4 is 10.6 Å². The standard InChI is InChI=1S/C18H24N4O3/c1-11(2)17(23)20-12-6-7-14-13(9-12)21-16(22(14)3)10-19-18(24)15-5-4-8-25-15/h6-7,9,11,15H,4-5,8,10H2,1-3H3,(H,19,24)(H,20,23)/t15-/m0/s1. The third-order valence-electron chi connectivity index (χ3n) is 4.41. The zero-order valence-electron chi connectivity index (χ0n) is 14.8. The third kappa shape index (κ3) is 3.82. The van der Waals surface area contributed by atoms with Gasteiger partial charge in [0, 0.05) is 25.3 Å². The first-order valence-corrected chi connectivity index (χ1v) is 8.61. The number of aryl methyl sites for hydroxylation is 1. The van der Waals surface area contributed by atoms with Gasteiger partial charge in [-0.2, -0.15) is 0 Å². The number of ether oxygens (including phenoxy) is 1. The van der Waals surface area contributed by atoms with E-state index in [-0.39, 0.29) is 23.8 Å². The molecule has 0 bridgehead atoms. The molecule has 0 unspecified atom stereocenters. The Morgan fingerprint density at radius 3 is 2.88 bits per heavy atom. The van der Waals surface area contributed by atoms with Crippen molar-refractivity contribution in [2.45, 2.75) is 39.3 Å². The van der Waals surface area contributed by atoms with Gasteiger partial charge >= 0.3 is 0 Å². The zero-order valence-corrected chi connectivity index (χ0v) is 14.8. The summed E-state index contributed by atoms with van der Waals surface area (Å²) >= 11 is 0. The summed E-state index contributed by atoms with van der Waals surface area (Å²) in [5.74, 6) is 0.561. The number of benzene rings is 1. The van der Waals surface area contributed by atoms with Crippen molar-refractivity contribution in [2.75, 3.05) is 11.9 Å². The lowest BCUT2D eigenvalue weighted by molar-refractivity contribution is -0.130. The van der Waals surface area contributed by atoms with E-state index >= 15 is 0 Å². The van der Waals surface area contributed by atoms with Crippen LogP contribution in [-0.4, -0.2) is 34.1 Å². The van der Waals surface area contributed by atoms with E-state index in [1.165, 1.54) is 0 Å². The van der Waals surface area contributed by atoms with Crippen LogP contribution in [0.5, 0.6) is 0 Å². The number of rotatable bonds is 5. The van der Waals surface area contributed by atoms with E-state index in [1.54, 1.807) is 0 Å². The maximum Gasteiger partial charge on any atom is 0.249 e. The molecule has 1 aliphatic heterocycles. The molecule has 1 aromatic heterocycles. The first kappa shape index (κ1) is 17.4. The molecular formula is C18H24N4O3. The lowest BCUT2D eigenvalue weighted by Gasteiger charge is -2.10. The Kier molecular flexibility index (Phi) is 5.03. The lowest BCUT2D eigenvalue weighted by Crippen LogP contribution is -2.34. The van der Waals surface area contributed by atoms with Crippen molar-refractivity contribution in [1.29, 1.82) is 0 Å². The average molecular weight is 344 g/mol. The Morgan fingerprint density at radius 1 is 1.40 bits per heavy atom. The van der Waals surface area contributed by atoms with Gasteiger partial charge in [-0.05, 0) is 31.0 Å². The van der Waals surface area contributed by atoms with Gasteiger partial charge in [-0.25, -0.2) is 4.98 Å². The van der Waals surface area contributed by atoms with Crippen LogP contribution >= 0.6 is 0 Å². The molecular weight excluding hydrogens is 320 g/mol. The number of carbonyl (C=O) groups is 2. The summed E-state index contributed by atoms with van der Waals surface area (Å²) in [5.41, 5.74) is 2.45. The second-order valence-electron chi connectivity index (χ2n) is 6.65. The number of anilines is 1. The molecule has 0 radical (unpaired) electrons. The molecule has 3 rings (SSSR count). The van der Waals surface area contributed by atoms with Gasteiger partial charge in [-0.3, -0.25) is 9.59 Å². The summed E-state index contributed by atoms with van der Waals surface area (Å²) in [6.45, 7) is 4.69. The second kappa shape index (κ2) is 7.23. The van der Waals surface area contributed by atoms with E-state index < -0.39 is 0 Å². The summed E-state index contributed by atoms with van der Waals surface area (Å²) in [6.07, 6.45) is 1.36. The number of hydrogen-bond acceptors (Lipinski definition) is 4. The molecule has 1 aromatic carbocycles. The predicted molar refractivity (Wildman–Crippen MR) is 95.0 cm³/mol. The van der Waals surface area contributed by atoms with Crippen molar-refractivity contribution in [3.63, 3.8) is 0 Å². The summed E-state index contributed by atoms with van der Waals surface area (Å²) in [7, 11) is 1.91. The Bertz CT molecular complexity index is 791. The highest BCUT2D eigenvalue weighted by Gasteiger charge is 2.23. The topological polar surface area (TPSA) is 85.2 Å². The van der Waals surface area contributed by atoms with Crippen molar-refractivity contribution in [3.05, 3.63) is 24.0 Å². The van der Waals surface area contributed by atoms with Crippen molar-refractivity contribution in [2.24, 2.45) is 13.0 Å². The number of aromatic nitrogens is 2. The first-order valence-electron chi connectivity index (χ1n) is 8.61. The SMILES string of the molecule is CC(C)C(=O)Nc1ccc2c(c1)nc(CNC(=O)[C@@H]1CCCO1)n2C. The van der Waals surface area contributed by atoms with E-state index in [0.717, 1.165) is 35.4 Å². The zero-order chi connectivity index (χ0) is 18.0. The van der Waals surface area contributed by atoms with Gasteiger partial charge in [0.1, 0.15) is 11.9 Å². The summed E-state index contributed by atoms with van der Waals surface area (Å²) < 4.78 is 7.33. The van der Waals surface area contributed by atoms with Crippen molar-refractivity contribution < 1.29 is 14.3 Å². The molecule has 1 aliphatic rings. The molecule has 134 valence electrons. The minimum atomic E-state index is -0.340. The number of imidazole rings is 1. The monoisotopic (exact) mass is 344 g/mol. The van der Waals surface area contributed by atoms with Crippen LogP contribution in [0.4, 0.5) is 5.69 Å². The highest BCUT2D eigenvalue weighted by molar-refractivity contribution is 5.94. The van der Waals surface area contributed by atoms with E-state index in [9.17, 15) is 9.59 Å². The molecule has 1 fully saturated rings. The highest BCUT2D eigenvalue weighted by Crippen LogP contribution is 2.20. The lowest BCUT2D eigenvalue weighted by atomic mass is 10.2. The van der Waals surface area contributed by atoms with Crippen molar-refractivity contribution in [1.82, 2.24) is 14.9 Å². The van der Waals surface area contributed by atoms with E-state index in [4.69, 9.17) is 4.74 Å². The fourth-order valence-corrected chi connectivity index (χ4v) is 2.84. The van der Waals surface area contributed by atoms with Crippen LogP contribution in [0, 0.1) is 5.92 Å². The summed E-state index contributed by atoms with van der Waals surface area (Å²) in [6, 6.07) is 5.63. The molecule has 2 aromatic rings. The van der Waals surface area contributed by atoms with Gasteiger partial charge in [0.15, 0.2) is 0 Å². The van der Waals surface area contributed by atoms with Crippen LogP contribution in [0.15, 0.2) is 18.2 Å². The van der Waals surface area contributed by atoms with Crippen molar-refractivity contribution >= 4 is 28.5 Å². The Hall–Kier alpha value is -2.41. The molecule has 25 heavy (non-hydrogen) atoms. The molecule has 7 nitrogen and oxygen atoms in total. The molecule has 2 N–H and O–H groups in total. The van der Waals surface area contributed by atoms with E-state index in [0.29, 0.717) is 13.2 Å². The second-order valence-corrected chi connectivity index (χ2v) is 6.65. The van der Waals surface area contributed by atoms with Gasteiger partial charge in [-0.15, -0.1) is 0 Å². The van der Waals surface area contributed by atoms with E-state index in [1.807, 2.05) is 43.7 Å². The highest BCUT2D eigenvalue weighted by atomic mass is 16.5. The van der Waals surface area contributed by atoms with Gasteiger partial charge in [0.2, 0.25) is 11.8 Å². The minimum absolute atomic E-state index is 0.0284. The smallest absolute Gasteiger partial charge is 0.249 e. The number of hydrogen-bond donors (Lipinski definition) is 2. The fourth-order valence-electron chi connectivity index (χ4n) is 2.84. The molecule has 0 saturated carbocycles. The number of carbonyl (C=O) groups excluding carboxylic acids is 2. The van der Waals surface area contributed by atoms with Gasteiger partial charge in [0.25, 0.3) is 0 Å². The number of amides is 2. The summed E-state index contributed by atoms with van der Waals surface area (Å²) in [5, 5.41) is 5.76. The van der Waals surface area contributed by atoms with Crippen molar-refractivity contribution in [3.8, 4) is 0 Å². The number of nitrogens with one attached hydrogen (secondary N) is 2. The third-order valence-corrected chi connectivity index (χ3v) is 4.41. The molecule has 1 atom stereocenters. The first-order chi connectivity index (χ1) is 12.0. The van der Waals surface area contributed by atoms with Gasteiger partial charge in [-0.1, -0.05) is 13.8 Å². The maximum atomic E-state index is 12.1. The Morgan fingerprint density at radius 2 is 2.20 bits per heavy atom. The van der Waals surface area contributed by atoms with Crippen LogP contribution in [0.3, 0.4) is 0 Å². The average Bonchev–Trinajstić information content (AvgIpc) is 3.21. The molecule has 7 heteroatoms. The van der Waals surface area contributed by atoms with E-state index in [2.05, 4.69) is 15.6 Å². The predicted octanol–water partition coefficient (Wildman–Crippen LogP) is 1.96. The Balaban J connectivity index is 1.72. The molecule has 1 saturated heterocycles. The molecule has 2 amide bonds. The Labute approximate surface area is 146 Å². The number of fused-ring (bicyclic) bond motifs is 1. The quantitative estimate of drug-likeness (QED) is 0.868. The molecule has 0 aliphatic carbocycles. The molecule has 2 heterocycles. The van der Waals surface area contributed by atoms with Gasteiger partial charge in [0.05, 0.1) is 17.6 Å². The van der Waals surface area contributed by atoms with Crippen LogP contribution in [0.1, 0.15) is 32.5 Å². The fraction of sp³-hybridized carbons (Fsp3) is 0.500. The summed E-state index contributed by atoms with van der Waals surface area (Å²) in [4.78, 5) is 28.5. The van der Waals surface area contributed by atoms with Crippen LogP contribution in [0.2, 0.25) is 0 Å².